The van der Waals surface area contributed by atoms with Gasteiger partial charge in [0.25, 0.3) is 5.56 Å². The van der Waals surface area contributed by atoms with Gasteiger partial charge in [0.1, 0.15) is 6.10 Å². The highest BCUT2D eigenvalue weighted by molar-refractivity contribution is 5.69. The smallest absolute Gasteiger partial charge is 0.280 e. The van der Waals surface area contributed by atoms with Crippen LogP contribution in [0.3, 0.4) is 0 Å². The molecule has 2 aromatic rings. The zero-order valence-electron chi connectivity index (χ0n) is 8.95. The number of aliphatic hydroxyl groups excluding tert-OH is 2. The third-order valence-corrected chi connectivity index (χ3v) is 2.21. The number of nitrogens with one attached hydrogen (secondary N) is 1. The lowest BCUT2D eigenvalue weighted by Crippen LogP contribution is -2.18. The summed E-state index contributed by atoms with van der Waals surface area (Å²) in [4.78, 5) is 25.3. The molecular weight excluding hydrogens is 226 g/mol. The van der Waals surface area contributed by atoms with Crippen LogP contribution >= 0.6 is 0 Å². The number of hydrogen-bond donors (Lipinski definition) is 4. The van der Waals surface area contributed by atoms with Crippen molar-refractivity contribution in [2.45, 2.75) is 19.1 Å². The molecule has 2 heterocycles. The second-order valence-corrected chi connectivity index (χ2v) is 3.60. The Bertz CT molecular complexity index is 609. The van der Waals surface area contributed by atoms with Gasteiger partial charge in [-0.05, 0) is 6.92 Å². The highest BCUT2D eigenvalue weighted by Crippen LogP contribution is 2.14. The number of anilines is 1. The Morgan fingerprint density at radius 3 is 2.76 bits per heavy atom. The quantitative estimate of drug-likeness (QED) is 0.509. The maximum Gasteiger partial charge on any atom is 0.280 e. The van der Waals surface area contributed by atoms with Crippen LogP contribution in [0.5, 0.6) is 0 Å². The van der Waals surface area contributed by atoms with Gasteiger partial charge >= 0.3 is 0 Å². The van der Waals surface area contributed by atoms with Crippen LogP contribution in [-0.4, -0.2) is 36.3 Å². The van der Waals surface area contributed by atoms with E-state index in [1.54, 1.807) is 0 Å². The summed E-state index contributed by atoms with van der Waals surface area (Å²) >= 11 is 0. The van der Waals surface area contributed by atoms with Crippen molar-refractivity contribution in [3.8, 4) is 0 Å². The van der Waals surface area contributed by atoms with Gasteiger partial charge in [0.15, 0.2) is 11.2 Å². The molecule has 0 radical (unpaired) electrons. The highest BCUT2D eigenvalue weighted by atomic mass is 16.3. The summed E-state index contributed by atoms with van der Waals surface area (Å²) in [6.45, 7) is 1.40. The molecule has 0 aliphatic heterocycles. The first-order chi connectivity index (χ1) is 7.99. The van der Waals surface area contributed by atoms with E-state index in [9.17, 15) is 15.0 Å². The third-order valence-electron chi connectivity index (χ3n) is 2.21. The Kier molecular flexibility index (Phi) is 2.74. The number of rotatable bonds is 2. The van der Waals surface area contributed by atoms with E-state index in [1.165, 1.54) is 13.1 Å². The van der Waals surface area contributed by atoms with Gasteiger partial charge in [-0.15, -0.1) is 0 Å². The second kappa shape index (κ2) is 4.07. The number of nitrogens with two attached hydrogens (primary N) is 1. The Balaban J connectivity index is 2.62. The number of nitrogen functional groups attached to an aromatic ring is 1. The zero-order chi connectivity index (χ0) is 12.6. The molecule has 2 rings (SSSR count). The van der Waals surface area contributed by atoms with Crippen molar-refractivity contribution in [2.24, 2.45) is 0 Å². The van der Waals surface area contributed by atoms with Crippen LogP contribution in [0.2, 0.25) is 0 Å². The maximum absolute atomic E-state index is 11.5. The van der Waals surface area contributed by atoms with Gasteiger partial charge in [-0.25, -0.2) is 9.97 Å². The molecule has 0 fully saturated rings. The molecule has 0 bridgehead atoms. The minimum atomic E-state index is -1.20. The fraction of sp³-hybridized carbons (Fsp3) is 0.333. The summed E-state index contributed by atoms with van der Waals surface area (Å²) in [5.41, 5.74) is 4.97. The van der Waals surface area contributed by atoms with Crippen molar-refractivity contribution in [3.05, 3.63) is 22.2 Å². The first-order valence-electron chi connectivity index (χ1n) is 4.87. The molecule has 8 nitrogen and oxygen atoms in total. The number of H-pyrrole nitrogens is 1. The van der Waals surface area contributed by atoms with Crippen molar-refractivity contribution in [2.75, 3.05) is 5.73 Å². The lowest BCUT2D eigenvalue weighted by atomic mass is 10.2. The fourth-order valence-corrected chi connectivity index (χ4v) is 1.34. The Hall–Kier alpha value is -2.06. The van der Waals surface area contributed by atoms with Crippen molar-refractivity contribution >= 4 is 17.1 Å². The van der Waals surface area contributed by atoms with Gasteiger partial charge < -0.3 is 15.9 Å². The monoisotopic (exact) mass is 237 g/mol. The molecule has 90 valence electrons. The molecule has 0 aromatic carbocycles. The first-order valence-corrected chi connectivity index (χ1v) is 4.87. The standard InChI is InChI=1S/C9H11N5O3/c1-3(15)6(16)4-2-11-7-5(12-4)8(17)14-9(10)13-7/h2-3,6,15-16H,1H3,(H3,10,11,13,14,17)/t3-,6-/m1/s1. The van der Waals surface area contributed by atoms with E-state index in [0.29, 0.717) is 0 Å². The van der Waals surface area contributed by atoms with E-state index in [4.69, 9.17) is 5.73 Å². The van der Waals surface area contributed by atoms with Gasteiger partial charge in [-0.3, -0.25) is 9.78 Å². The van der Waals surface area contributed by atoms with Crippen LogP contribution in [0.15, 0.2) is 11.0 Å². The van der Waals surface area contributed by atoms with Crippen molar-refractivity contribution < 1.29 is 10.2 Å². The molecule has 0 amide bonds. The zero-order valence-corrected chi connectivity index (χ0v) is 8.95. The predicted molar refractivity (Wildman–Crippen MR) is 59.0 cm³/mol. The number of aromatic nitrogens is 4. The van der Waals surface area contributed by atoms with Crippen LogP contribution in [0, 0.1) is 0 Å². The number of aliphatic hydroxyl groups is 2. The molecule has 0 saturated heterocycles. The summed E-state index contributed by atoms with van der Waals surface area (Å²) in [5, 5.41) is 18.8. The first kappa shape index (κ1) is 11.4. The van der Waals surface area contributed by atoms with Crippen LogP contribution in [0.25, 0.3) is 11.2 Å². The molecule has 0 unspecified atom stereocenters. The summed E-state index contributed by atoms with van der Waals surface area (Å²) in [7, 11) is 0. The minimum Gasteiger partial charge on any atom is -0.390 e. The van der Waals surface area contributed by atoms with Gasteiger partial charge in [0, 0.05) is 0 Å². The molecule has 2 aromatic heterocycles. The van der Waals surface area contributed by atoms with Crippen molar-refractivity contribution in [3.63, 3.8) is 0 Å². The number of fused-ring (bicyclic) bond motifs is 1. The van der Waals surface area contributed by atoms with Crippen LogP contribution in [0.1, 0.15) is 18.7 Å². The SMILES string of the molecule is C[C@@H](O)[C@@H](O)c1cnc2nc(N)[nH]c(=O)c2n1. The van der Waals surface area contributed by atoms with E-state index in [2.05, 4.69) is 19.9 Å². The molecule has 5 N–H and O–H groups in total. The maximum atomic E-state index is 11.5. The molecule has 8 heteroatoms. The van der Waals surface area contributed by atoms with Gasteiger partial charge in [0.05, 0.1) is 18.0 Å². The van der Waals surface area contributed by atoms with Crippen LogP contribution in [-0.2, 0) is 0 Å². The van der Waals surface area contributed by atoms with Gasteiger partial charge in [-0.2, -0.15) is 4.98 Å². The summed E-state index contributed by atoms with van der Waals surface area (Å²) in [6.07, 6.45) is -0.975. The van der Waals surface area contributed by atoms with Crippen molar-refractivity contribution in [1.82, 2.24) is 19.9 Å². The van der Waals surface area contributed by atoms with E-state index in [0.717, 1.165) is 0 Å². The molecule has 2 atom stereocenters. The summed E-state index contributed by atoms with van der Waals surface area (Å²) in [5.74, 6) is -0.0550. The van der Waals surface area contributed by atoms with E-state index in [-0.39, 0.29) is 22.8 Å². The molecular formula is C9H11N5O3. The van der Waals surface area contributed by atoms with Crippen LogP contribution < -0.4 is 11.3 Å². The molecule has 0 spiro atoms. The van der Waals surface area contributed by atoms with E-state index >= 15 is 0 Å². The lowest BCUT2D eigenvalue weighted by Gasteiger charge is -2.12. The average Bonchev–Trinajstić information content (AvgIpc) is 2.27. The summed E-state index contributed by atoms with van der Waals surface area (Å²) in [6, 6.07) is 0. The lowest BCUT2D eigenvalue weighted by molar-refractivity contribution is 0.0278. The second-order valence-electron chi connectivity index (χ2n) is 3.60. The molecule has 0 aliphatic rings. The summed E-state index contributed by atoms with van der Waals surface area (Å²) < 4.78 is 0. The van der Waals surface area contributed by atoms with Crippen molar-refractivity contribution in [1.29, 1.82) is 0 Å². The molecule has 17 heavy (non-hydrogen) atoms. The van der Waals surface area contributed by atoms with E-state index < -0.39 is 17.8 Å². The topological polar surface area (TPSA) is 138 Å². The van der Waals surface area contributed by atoms with Gasteiger partial charge in [-0.1, -0.05) is 0 Å². The Morgan fingerprint density at radius 1 is 1.41 bits per heavy atom. The largest absolute Gasteiger partial charge is 0.390 e. The predicted octanol–water partition coefficient (Wildman–Crippen LogP) is -1.29. The molecule has 0 saturated carbocycles. The normalized spacial score (nSPS) is 14.8. The molecule has 0 aliphatic carbocycles. The highest BCUT2D eigenvalue weighted by Gasteiger charge is 2.17. The number of hydrogen-bond acceptors (Lipinski definition) is 7. The number of aromatic amines is 1. The number of nitrogens with zero attached hydrogens (tertiary/aromatic N) is 3. The minimum absolute atomic E-state index is 0.0311. The third kappa shape index (κ3) is 2.08. The van der Waals surface area contributed by atoms with Crippen LogP contribution in [0.4, 0.5) is 5.95 Å². The Morgan fingerprint density at radius 2 is 2.12 bits per heavy atom. The fourth-order valence-electron chi connectivity index (χ4n) is 1.34. The Labute approximate surface area is 95.2 Å². The van der Waals surface area contributed by atoms with E-state index in [1.807, 2.05) is 0 Å². The average molecular weight is 237 g/mol. The van der Waals surface area contributed by atoms with Gasteiger partial charge in [0.2, 0.25) is 5.95 Å².